The van der Waals surface area contributed by atoms with Crippen LogP contribution in [-0.4, -0.2) is 41.7 Å². The van der Waals surface area contributed by atoms with Crippen LogP contribution < -0.4 is 5.73 Å². The maximum Gasteiger partial charge on any atom is 0.222 e. The van der Waals surface area contributed by atoms with Crippen molar-refractivity contribution in [3.8, 4) is 0 Å². The van der Waals surface area contributed by atoms with Gasteiger partial charge in [-0.25, -0.2) is 0 Å². The molecule has 18 heavy (non-hydrogen) atoms. The van der Waals surface area contributed by atoms with Gasteiger partial charge < -0.3 is 15.7 Å². The minimum atomic E-state index is 0.0552. The van der Waals surface area contributed by atoms with Crippen molar-refractivity contribution in [3.05, 3.63) is 0 Å². The van der Waals surface area contributed by atoms with Crippen molar-refractivity contribution in [2.75, 3.05) is 19.7 Å². The zero-order valence-electron chi connectivity index (χ0n) is 11.6. The molecule has 4 heteroatoms. The molecule has 1 aliphatic rings. The van der Waals surface area contributed by atoms with Crippen LogP contribution in [0.25, 0.3) is 0 Å². The second kappa shape index (κ2) is 8.48. The molecule has 1 rings (SSSR count). The van der Waals surface area contributed by atoms with Crippen molar-refractivity contribution in [3.63, 3.8) is 0 Å². The highest BCUT2D eigenvalue weighted by Gasteiger charge is 2.23. The summed E-state index contributed by atoms with van der Waals surface area (Å²) < 4.78 is 0. The van der Waals surface area contributed by atoms with Crippen LogP contribution in [0.5, 0.6) is 0 Å². The molecule has 2 atom stereocenters. The second-order valence-corrected chi connectivity index (χ2v) is 5.45. The van der Waals surface area contributed by atoms with Crippen LogP contribution in [0.3, 0.4) is 0 Å². The molecule has 4 nitrogen and oxygen atoms in total. The van der Waals surface area contributed by atoms with Crippen LogP contribution in [0.1, 0.15) is 51.9 Å². The Balaban J connectivity index is 2.39. The van der Waals surface area contributed by atoms with Gasteiger partial charge >= 0.3 is 0 Å². The molecule has 1 aliphatic carbocycles. The number of carbonyl (C=O) groups is 1. The molecule has 0 bridgehead atoms. The average Bonchev–Trinajstić information content (AvgIpc) is 2.34. The van der Waals surface area contributed by atoms with E-state index < -0.39 is 0 Å². The van der Waals surface area contributed by atoms with Gasteiger partial charge in [-0.05, 0) is 31.6 Å². The number of hydrogen-bond donors (Lipinski definition) is 2. The first kappa shape index (κ1) is 15.4. The van der Waals surface area contributed by atoms with Crippen LogP contribution in [0.2, 0.25) is 0 Å². The topological polar surface area (TPSA) is 66.6 Å². The van der Waals surface area contributed by atoms with Crippen molar-refractivity contribution >= 4 is 5.91 Å². The van der Waals surface area contributed by atoms with E-state index in [0.29, 0.717) is 18.9 Å². The number of aliphatic hydroxyl groups excluding tert-OH is 1. The Hall–Kier alpha value is -0.610. The van der Waals surface area contributed by atoms with Gasteiger partial charge in [-0.2, -0.15) is 0 Å². The number of amides is 1. The van der Waals surface area contributed by atoms with Gasteiger partial charge in [0.25, 0.3) is 0 Å². The van der Waals surface area contributed by atoms with E-state index in [4.69, 9.17) is 10.8 Å². The van der Waals surface area contributed by atoms with Crippen molar-refractivity contribution in [2.24, 2.45) is 11.7 Å². The highest BCUT2D eigenvalue weighted by molar-refractivity contribution is 5.76. The fraction of sp³-hybridized carbons (Fsp3) is 0.929. The summed E-state index contributed by atoms with van der Waals surface area (Å²) in [7, 11) is 0. The number of rotatable bonds is 7. The van der Waals surface area contributed by atoms with E-state index >= 15 is 0 Å². The Morgan fingerprint density at radius 2 is 2.17 bits per heavy atom. The maximum atomic E-state index is 12.2. The van der Waals surface area contributed by atoms with E-state index in [1.807, 2.05) is 4.90 Å². The van der Waals surface area contributed by atoms with Crippen LogP contribution in [-0.2, 0) is 4.79 Å². The molecule has 0 heterocycles. The third-order valence-corrected chi connectivity index (χ3v) is 3.79. The molecule has 1 fully saturated rings. The van der Waals surface area contributed by atoms with Gasteiger partial charge in [0.1, 0.15) is 0 Å². The predicted octanol–water partition coefficient (Wildman–Crippen LogP) is 1.51. The lowest BCUT2D eigenvalue weighted by Gasteiger charge is -2.29. The second-order valence-electron chi connectivity index (χ2n) is 5.45. The van der Waals surface area contributed by atoms with E-state index in [0.717, 1.165) is 45.1 Å². The predicted molar refractivity (Wildman–Crippen MR) is 73.1 cm³/mol. The Morgan fingerprint density at radius 1 is 1.39 bits per heavy atom. The molecule has 0 aromatic carbocycles. The first-order valence-corrected chi connectivity index (χ1v) is 7.31. The van der Waals surface area contributed by atoms with Gasteiger partial charge in [-0.15, -0.1) is 0 Å². The van der Waals surface area contributed by atoms with E-state index in [1.54, 1.807) is 0 Å². The Morgan fingerprint density at radius 3 is 2.78 bits per heavy atom. The maximum absolute atomic E-state index is 12.2. The quantitative estimate of drug-likeness (QED) is 0.725. The highest BCUT2D eigenvalue weighted by Crippen LogP contribution is 2.26. The lowest BCUT2D eigenvalue weighted by atomic mass is 9.84. The van der Waals surface area contributed by atoms with Gasteiger partial charge in [0.15, 0.2) is 0 Å². The average molecular weight is 256 g/mol. The summed E-state index contributed by atoms with van der Waals surface area (Å²) in [5.41, 5.74) is 5.95. The molecule has 106 valence electrons. The SMILES string of the molecule is CCCCN(CCO)C(=O)CC1CCCC(N)C1. The van der Waals surface area contributed by atoms with E-state index in [-0.39, 0.29) is 18.6 Å². The number of hydrogen-bond acceptors (Lipinski definition) is 3. The monoisotopic (exact) mass is 256 g/mol. The molecule has 3 N–H and O–H groups in total. The summed E-state index contributed by atoms with van der Waals surface area (Å²) in [4.78, 5) is 14.0. The molecule has 0 saturated heterocycles. The van der Waals surface area contributed by atoms with Crippen LogP contribution in [0, 0.1) is 5.92 Å². The molecule has 0 radical (unpaired) electrons. The van der Waals surface area contributed by atoms with Crippen molar-refractivity contribution in [1.29, 1.82) is 0 Å². The molecular weight excluding hydrogens is 228 g/mol. The lowest BCUT2D eigenvalue weighted by Crippen LogP contribution is -2.37. The number of carbonyl (C=O) groups excluding carboxylic acids is 1. The highest BCUT2D eigenvalue weighted by atomic mass is 16.3. The summed E-state index contributed by atoms with van der Waals surface area (Å²) in [6, 6.07) is 0.276. The molecule has 0 aromatic heterocycles. The molecule has 0 aromatic rings. The van der Waals surface area contributed by atoms with E-state index in [2.05, 4.69) is 6.92 Å². The number of aliphatic hydroxyl groups is 1. The smallest absolute Gasteiger partial charge is 0.222 e. The largest absolute Gasteiger partial charge is 0.395 e. The molecule has 0 aliphatic heterocycles. The molecule has 2 unspecified atom stereocenters. The number of nitrogens with zero attached hydrogens (tertiary/aromatic N) is 1. The zero-order valence-corrected chi connectivity index (χ0v) is 11.6. The molecular formula is C14H28N2O2. The van der Waals surface area contributed by atoms with Crippen LogP contribution in [0.4, 0.5) is 0 Å². The van der Waals surface area contributed by atoms with E-state index in [1.165, 1.54) is 0 Å². The third-order valence-electron chi connectivity index (χ3n) is 3.79. The standard InChI is InChI=1S/C14H28N2O2/c1-2-3-7-16(8-9-17)14(18)11-12-5-4-6-13(15)10-12/h12-13,17H,2-11,15H2,1H3. The normalized spacial score (nSPS) is 23.9. The van der Waals surface area contributed by atoms with Crippen molar-refractivity contribution in [2.45, 2.75) is 57.9 Å². The Bertz CT molecular complexity index is 246. The van der Waals surface area contributed by atoms with Crippen LogP contribution in [0.15, 0.2) is 0 Å². The first-order chi connectivity index (χ1) is 8.67. The van der Waals surface area contributed by atoms with Gasteiger partial charge in [-0.3, -0.25) is 4.79 Å². The van der Waals surface area contributed by atoms with Gasteiger partial charge in [-0.1, -0.05) is 19.8 Å². The molecule has 1 saturated carbocycles. The third kappa shape index (κ3) is 5.36. The summed E-state index contributed by atoms with van der Waals surface area (Å²) in [6.07, 6.45) is 7.04. The van der Waals surface area contributed by atoms with Gasteiger partial charge in [0, 0.05) is 25.6 Å². The van der Waals surface area contributed by atoms with Gasteiger partial charge in [0.05, 0.1) is 6.61 Å². The zero-order chi connectivity index (χ0) is 13.4. The minimum Gasteiger partial charge on any atom is -0.395 e. The summed E-state index contributed by atoms with van der Waals surface area (Å²) in [5.74, 6) is 0.640. The van der Waals surface area contributed by atoms with Crippen molar-refractivity contribution in [1.82, 2.24) is 4.90 Å². The molecule has 0 spiro atoms. The Labute approximate surface area is 111 Å². The number of nitrogens with two attached hydrogens (primary N) is 1. The number of unbranched alkanes of at least 4 members (excludes halogenated alkanes) is 1. The molecule has 1 amide bonds. The fourth-order valence-corrected chi connectivity index (χ4v) is 2.72. The summed E-state index contributed by atoms with van der Waals surface area (Å²) >= 11 is 0. The summed E-state index contributed by atoms with van der Waals surface area (Å²) in [5, 5.41) is 9.02. The van der Waals surface area contributed by atoms with Gasteiger partial charge in [0.2, 0.25) is 5.91 Å². The minimum absolute atomic E-state index is 0.0552. The van der Waals surface area contributed by atoms with Crippen molar-refractivity contribution < 1.29 is 9.90 Å². The lowest BCUT2D eigenvalue weighted by molar-refractivity contribution is -0.133. The summed E-state index contributed by atoms with van der Waals surface area (Å²) in [6.45, 7) is 3.41. The van der Waals surface area contributed by atoms with Crippen LogP contribution >= 0.6 is 0 Å². The van der Waals surface area contributed by atoms with E-state index in [9.17, 15) is 4.79 Å². The fourth-order valence-electron chi connectivity index (χ4n) is 2.72. The Kier molecular flexibility index (Phi) is 7.28. The first-order valence-electron chi connectivity index (χ1n) is 7.31.